The van der Waals surface area contributed by atoms with Crippen LogP contribution in [0.15, 0.2) is 48.5 Å². The van der Waals surface area contributed by atoms with E-state index in [0.717, 1.165) is 69.2 Å². The molecule has 0 saturated heterocycles. The van der Waals surface area contributed by atoms with Gasteiger partial charge in [-0.25, -0.2) is 4.68 Å². The smallest absolute Gasteiger partial charge is 0.304 e. The number of nitrogens with zero attached hydrogens (tertiary/aromatic N) is 4. The van der Waals surface area contributed by atoms with Gasteiger partial charge in [-0.2, -0.15) is 0 Å². The molecule has 9 bridgehead atoms. The number of carbonyl (C=O) groups is 2. The third-order valence-corrected chi connectivity index (χ3v) is 9.09. The van der Waals surface area contributed by atoms with Crippen LogP contribution in [0.1, 0.15) is 94.2 Å². The van der Waals surface area contributed by atoms with E-state index in [1.54, 1.807) is 0 Å². The fourth-order valence-electron chi connectivity index (χ4n) is 6.48. The molecule has 9 rings (SSSR count). The molecule has 5 aliphatic rings. The Morgan fingerprint density at radius 2 is 1.98 bits per heavy atom. The summed E-state index contributed by atoms with van der Waals surface area (Å²) in [6, 6.07) is 16.4. The van der Waals surface area contributed by atoms with Gasteiger partial charge in [0.2, 0.25) is 0 Å². The summed E-state index contributed by atoms with van der Waals surface area (Å²) in [4.78, 5) is 28.0. The van der Waals surface area contributed by atoms with Crippen LogP contribution in [0.5, 0.6) is 0 Å². The molecule has 2 unspecified atom stereocenters. The Balaban J connectivity index is 1.45. The average Bonchev–Trinajstić information content (AvgIpc) is 3.42. The molecule has 1 N–H and O–H groups in total. The van der Waals surface area contributed by atoms with Gasteiger partial charge in [0.25, 0.3) is 5.91 Å². The minimum Gasteiger partial charge on any atom is -0.481 e. The molecule has 5 aliphatic heterocycles. The number of rotatable bonds is 4. The van der Waals surface area contributed by atoms with Crippen molar-refractivity contribution in [3.8, 4) is 0 Å². The van der Waals surface area contributed by atoms with Crippen molar-refractivity contribution in [2.45, 2.75) is 78.0 Å². The Hall–Kier alpha value is -4.04. The second-order valence-electron chi connectivity index (χ2n) is 11.8. The Bertz CT molecular complexity index is 1660. The van der Waals surface area contributed by atoms with Gasteiger partial charge in [-0.15, -0.1) is 5.10 Å². The summed E-state index contributed by atoms with van der Waals surface area (Å²) in [5.74, 6) is -0.913. The van der Waals surface area contributed by atoms with E-state index in [2.05, 4.69) is 48.4 Å². The quantitative estimate of drug-likeness (QED) is 0.327. The number of carboxylic acid groups (broad SMARTS) is 1. The predicted octanol–water partition coefficient (Wildman–Crippen LogP) is 5.98. The van der Waals surface area contributed by atoms with Crippen molar-refractivity contribution < 1.29 is 19.4 Å². The number of amides is 1. The highest BCUT2D eigenvalue weighted by Gasteiger charge is 2.28. The Morgan fingerprint density at radius 1 is 1.12 bits per heavy atom. The molecule has 42 heavy (non-hydrogen) atoms. The third-order valence-electron chi connectivity index (χ3n) is 9.09. The van der Waals surface area contributed by atoms with Crippen molar-refractivity contribution in [3.05, 3.63) is 93.0 Å². The first-order chi connectivity index (χ1) is 20.3. The summed E-state index contributed by atoms with van der Waals surface area (Å²) in [5, 5.41) is 18.8. The fraction of sp³-hybridized carbons (Fsp3) is 0.412. The lowest BCUT2D eigenvalue weighted by Gasteiger charge is -2.31. The Labute approximate surface area is 246 Å². The molecule has 6 heterocycles. The van der Waals surface area contributed by atoms with Gasteiger partial charge in [-0.3, -0.25) is 9.59 Å². The molecule has 4 aromatic rings. The lowest BCUT2D eigenvalue weighted by atomic mass is 9.83. The zero-order valence-corrected chi connectivity index (χ0v) is 24.6. The largest absolute Gasteiger partial charge is 0.481 e. The van der Waals surface area contributed by atoms with Crippen LogP contribution in [-0.4, -0.2) is 50.0 Å². The number of aliphatic carboxylic acids is 1. The number of ether oxygens (including phenoxy) is 1. The van der Waals surface area contributed by atoms with Gasteiger partial charge >= 0.3 is 5.97 Å². The molecule has 1 aromatic heterocycles. The summed E-state index contributed by atoms with van der Waals surface area (Å²) >= 11 is 0. The van der Waals surface area contributed by atoms with Crippen molar-refractivity contribution in [2.75, 3.05) is 13.2 Å². The molecule has 0 saturated carbocycles. The van der Waals surface area contributed by atoms with Gasteiger partial charge in [0, 0.05) is 37.7 Å². The van der Waals surface area contributed by atoms with E-state index in [4.69, 9.17) is 4.74 Å². The van der Waals surface area contributed by atoms with E-state index in [1.807, 2.05) is 40.8 Å². The minimum atomic E-state index is -0.857. The highest BCUT2D eigenvalue weighted by atomic mass is 16.5. The van der Waals surface area contributed by atoms with Crippen LogP contribution in [0.2, 0.25) is 0 Å². The van der Waals surface area contributed by atoms with Crippen molar-refractivity contribution in [3.63, 3.8) is 0 Å². The highest BCUT2D eigenvalue weighted by molar-refractivity contribution is 5.96. The molecule has 8 nitrogen and oxygen atoms in total. The lowest BCUT2D eigenvalue weighted by molar-refractivity contribution is -0.137. The Kier molecular flexibility index (Phi) is 7.82. The van der Waals surface area contributed by atoms with Crippen LogP contribution < -0.4 is 0 Å². The third kappa shape index (κ3) is 5.31. The molecule has 3 aromatic carbocycles. The number of hydrogen-bond donors (Lipinski definition) is 1. The van der Waals surface area contributed by atoms with Crippen molar-refractivity contribution in [1.29, 1.82) is 0 Å². The van der Waals surface area contributed by atoms with E-state index in [-0.39, 0.29) is 24.2 Å². The molecular weight excluding hydrogens is 528 g/mol. The van der Waals surface area contributed by atoms with Gasteiger partial charge < -0.3 is 14.7 Å². The summed E-state index contributed by atoms with van der Waals surface area (Å²) in [6.07, 6.45) is 2.44. The molecule has 8 heteroatoms. The van der Waals surface area contributed by atoms with E-state index < -0.39 is 5.97 Å². The maximum absolute atomic E-state index is 14.0. The first kappa shape index (κ1) is 28.1. The summed E-state index contributed by atoms with van der Waals surface area (Å²) in [6.45, 7) is 9.20. The van der Waals surface area contributed by atoms with Crippen LogP contribution in [-0.2, 0) is 35.6 Å². The summed E-state index contributed by atoms with van der Waals surface area (Å²) in [7, 11) is 0. The molecule has 2 atom stereocenters. The van der Waals surface area contributed by atoms with Gasteiger partial charge in [-0.05, 0) is 83.2 Å². The Morgan fingerprint density at radius 3 is 2.79 bits per heavy atom. The maximum Gasteiger partial charge on any atom is 0.304 e. The van der Waals surface area contributed by atoms with Crippen molar-refractivity contribution >= 4 is 22.9 Å². The van der Waals surface area contributed by atoms with Gasteiger partial charge in [-0.1, -0.05) is 55.5 Å². The monoisotopic (exact) mass is 566 g/mol. The predicted molar refractivity (Wildman–Crippen MR) is 161 cm³/mol. The minimum absolute atomic E-state index is 0.0378. The zero-order valence-electron chi connectivity index (χ0n) is 24.6. The van der Waals surface area contributed by atoms with Crippen LogP contribution in [0.4, 0.5) is 0 Å². The van der Waals surface area contributed by atoms with Gasteiger partial charge in [0.15, 0.2) is 0 Å². The molecule has 0 spiro atoms. The number of benzene rings is 3. The highest BCUT2D eigenvalue weighted by Crippen LogP contribution is 2.36. The van der Waals surface area contributed by atoms with E-state index in [9.17, 15) is 14.7 Å². The number of carbonyl (C=O) groups excluding carboxylic acids is 1. The second-order valence-corrected chi connectivity index (χ2v) is 11.8. The van der Waals surface area contributed by atoms with E-state index in [0.29, 0.717) is 32.8 Å². The second kappa shape index (κ2) is 11.7. The molecule has 0 fully saturated rings. The van der Waals surface area contributed by atoms with Gasteiger partial charge in [0.05, 0.1) is 18.5 Å². The van der Waals surface area contributed by atoms with Crippen LogP contribution in [0.3, 0.4) is 0 Å². The molecule has 218 valence electrons. The van der Waals surface area contributed by atoms with E-state index in [1.165, 1.54) is 5.56 Å². The first-order valence-corrected chi connectivity index (χ1v) is 15.0. The zero-order chi connectivity index (χ0) is 29.4. The van der Waals surface area contributed by atoms with Crippen LogP contribution >= 0.6 is 0 Å². The fourth-order valence-corrected chi connectivity index (χ4v) is 6.48. The number of hydrogen-bond acceptors (Lipinski definition) is 5. The number of aromatic nitrogens is 3. The summed E-state index contributed by atoms with van der Waals surface area (Å²) in [5.41, 5.74) is 9.73. The summed E-state index contributed by atoms with van der Waals surface area (Å²) < 4.78 is 7.95. The molecule has 0 radical (unpaired) electrons. The van der Waals surface area contributed by atoms with Crippen molar-refractivity contribution in [2.24, 2.45) is 0 Å². The topological polar surface area (TPSA) is 97.5 Å². The number of carboxylic acids is 1. The molecule has 0 aliphatic carbocycles. The van der Waals surface area contributed by atoms with Crippen LogP contribution in [0, 0.1) is 6.92 Å². The molecule has 1 amide bonds. The molecular formula is C34H38N4O4. The first-order valence-electron chi connectivity index (χ1n) is 15.0. The van der Waals surface area contributed by atoms with E-state index >= 15 is 0 Å². The maximum atomic E-state index is 14.0. The van der Waals surface area contributed by atoms with Crippen molar-refractivity contribution in [1.82, 2.24) is 19.9 Å². The number of aryl methyl sites for hydroxylation is 2. The van der Waals surface area contributed by atoms with Crippen LogP contribution in [0.25, 0.3) is 11.0 Å². The SMILES string of the molecule is CCC(C)c1cc2ccc1C(=O)N1CCc3ccc(cc3C1)C(CC(=O)O)c1ccc3c(nnn3CCCOC2)c1C. The lowest BCUT2D eigenvalue weighted by Crippen LogP contribution is -2.36. The normalized spacial score (nSPS) is 18.1. The average molecular weight is 567 g/mol. The van der Waals surface area contributed by atoms with Gasteiger partial charge in [0.1, 0.15) is 5.52 Å². The standard InChI is InChI=1S/C34H38N4O4/c1-4-21(2)29-16-23-6-9-28(29)34(41)37-14-12-24-7-8-25(17-26(24)19-37)30(18-32(39)40)27-10-11-31-33(22(27)3)35-36-38(31)13-5-15-42-20-23/h6-11,16-17,21,30H,4-5,12-15,18-20H2,1-3H3,(H,39,40).